The predicted molar refractivity (Wildman–Crippen MR) is 57.8 cm³/mol. The van der Waals surface area contributed by atoms with Crippen LogP contribution in [-0.4, -0.2) is 6.54 Å². The first kappa shape index (κ1) is 10.3. The van der Waals surface area contributed by atoms with Crippen molar-refractivity contribution in [3.05, 3.63) is 35.4 Å². The van der Waals surface area contributed by atoms with E-state index >= 15 is 0 Å². The summed E-state index contributed by atoms with van der Waals surface area (Å²) in [6, 6.07) is 8.51. The van der Waals surface area contributed by atoms with Crippen molar-refractivity contribution < 1.29 is 0 Å². The molecule has 0 aliphatic carbocycles. The van der Waals surface area contributed by atoms with Gasteiger partial charge in [0.05, 0.1) is 0 Å². The molecule has 0 amide bonds. The van der Waals surface area contributed by atoms with E-state index in [-0.39, 0.29) is 0 Å². The van der Waals surface area contributed by atoms with Gasteiger partial charge in [-0.2, -0.15) is 0 Å². The van der Waals surface area contributed by atoms with E-state index in [1.54, 1.807) is 0 Å². The number of rotatable bonds is 3. The Morgan fingerprint density at radius 3 is 2.31 bits per heavy atom. The molecule has 0 fully saturated rings. The summed E-state index contributed by atoms with van der Waals surface area (Å²) in [7, 11) is 0. The minimum absolute atomic E-state index is 0.501. The summed E-state index contributed by atoms with van der Waals surface area (Å²) in [5.74, 6) is 1.12. The van der Waals surface area contributed by atoms with Crippen molar-refractivity contribution in [2.24, 2.45) is 11.7 Å². The highest BCUT2D eigenvalue weighted by Gasteiger charge is 2.14. The van der Waals surface area contributed by atoms with Crippen molar-refractivity contribution in [3.8, 4) is 0 Å². The average Bonchev–Trinajstić information content (AvgIpc) is 2.09. The second kappa shape index (κ2) is 4.43. The molecule has 0 aromatic heterocycles. The predicted octanol–water partition coefficient (Wildman–Crippen LogP) is 2.69. The Bertz CT molecular complexity index is 266. The van der Waals surface area contributed by atoms with Crippen molar-refractivity contribution in [1.29, 1.82) is 0 Å². The highest BCUT2D eigenvalue weighted by Crippen LogP contribution is 2.25. The zero-order valence-electron chi connectivity index (χ0n) is 8.75. The van der Waals surface area contributed by atoms with Crippen LogP contribution in [0.3, 0.4) is 0 Å². The largest absolute Gasteiger partial charge is 0.330 e. The Kier molecular flexibility index (Phi) is 3.49. The zero-order chi connectivity index (χ0) is 9.84. The molecule has 0 saturated carbocycles. The molecular weight excluding hydrogens is 158 g/mol. The summed E-state index contributed by atoms with van der Waals surface area (Å²) >= 11 is 0. The van der Waals surface area contributed by atoms with Gasteiger partial charge >= 0.3 is 0 Å². The Hall–Kier alpha value is -0.820. The van der Waals surface area contributed by atoms with Crippen molar-refractivity contribution in [3.63, 3.8) is 0 Å². The third-order valence-electron chi connectivity index (χ3n) is 2.65. The van der Waals surface area contributed by atoms with Crippen LogP contribution in [0.1, 0.15) is 30.9 Å². The fourth-order valence-corrected chi connectivity index (χ4v) is 1.76. The first-order valence-corrected chi connectivity index (χ1v) is 4.92. The topological polar surface area (TPSA) is 26.0 Å². The number of aryl methyl sites for hydroxylation is 1. The summed E-state index contributed by atoms with van der Waals surface area (Å²) in [5.41, 5.74) is 8.53. The van der Waals surface area contributed by atoms with E-state index in [2.05, 4.69) is 45.0 Å². The van der Waals surface area contributed by atoms with E-state index in [0.717, 1.165) is 6.54 Å². The molecule has 0 radical (unpaired) electrons. The van der Waals surface area contributed by atoms with Crippen LogP contribution < -0.4 is 5.73 Å². The first-order valence-electron chi connectivity index (χ1n) is 4.92. The molecule has 1 aromatic rings. The second-order valence-electron chi connectivity index (χ2n) is 3.94. The van der Waals surface area contributed by atoms with Crippen LogP contribution in [0.5, 0.6) is 0 Å². The Labute approximate surface area is 81.0 Å². The van der Waals surface area contributed by atoms with Gasteiger partial charge in [-0.05, 0) is 36.4 Å². The normalized spacial score (nSPS) is 13.3. The van der Waals surface area contributed by atoms with Crippen molar-refractivity contribution >= 4 is 0 Å². The van der Waals surface area contributed by atoms with Crippen LogP contribution >= 0.6 is 0 Å². The Morgan fingerprint density at radius 2 is 1.85 bits per heavy atom. The summed E-state index contributed by atoms with van der Waals surface area (Å²) in [6.45, 7) is 7.34. The SMILES string of the molecule is Cc1ccccc1C(CN)C(C)C. The van der Waals surface area contributed by atoms with E-state index in [0.29, 0.717) is 11.8 Å². The van der Waals surface area contributed by atoms with E-state index < -0.39 is 0 Å². The molecular formula is C12H19N. The van der Waals surface area contributed by atoms with Crippen molar-refractivity contribution in [2.45, 2.75) is 26.7 Å². The average molecular weight is 177 g/mol. The minimum atomic E-state index is 0.501. The van der Waals surface area contributed by atoms with Gasteiger partial charge in [0.1, 0.15) is 0 Å². The Morgan fingerprint density at radius 1 is 1.23 bits per heavy atom. The zero-order valence-corrected chi connectivity index (χ0v) is 8.75. The lowest BCUT2D eigenvalue weighted by atomic mass is 9.86. The summed E-state index contributed by atoms with van der Waals surface area (Å²) in [5, 5.41) is 0. The molecule has 1 rings (SSSR count). The summed E-state index contributed by atoms with van der Waals surface area (Å²) in [4.78, 5) is 0. The number of hydrogen-bond donors (Lipinski definition) is 1. The molecule has 0 heterocycles. The number of hydrogen-bond acceptors (Lipinski definition) is 1. The summed E-state index contributed by atoms with van der Waals surface area (Å²) < 4.78 is 0. The highest BCUT2D eigenvalue weighted by molar-refractivity contribution is 5.29. The standard InChI is InChI=1S/C12H19N/c1-9(2)12(8-13)11-7-5-4-6-10(11)3/h4-7,9,12H,8,13H2,1-3H3. The van der Waals surface area contributed by atoms with Crippen LogP contribution in [0.25, 0.3) is 0 Å². The van der Waals surface area contributed by atoms with Gasteiger partial charge in [-0.1, -0.05) is 38.1 Å². The monoisotopic (exact) mass is 177 g/mol. The third-order valence-corrected chi connectivity index (χ3v) is 2.65. The summed E-state index contributed by atoms with van der Waals surface area (Å²) in [6.07, 6.45) is 0. The maximum absolute atomic E-state index is 5.77. The van der Waals surface area contributed by atoms with Crippen LogP contribution in [-0.2, 0) is 0 Å². The quantitative estimate of drug-likeness (QED) is 0.754. The van der Waals surface area contributed by atoms with E-state index in [1.165, 1.54) is 11.1 Å². The van der Waals surface area contributed by atoms with Gasteiger partial charge in [0, 0.05) is 0 Å². The van der Waals surface area contributed by atoms with Gasteiger partial charge in [-0.3, -0.25) is 0 Å². The fourth-order valence-electron chi connectivity index (χ4n) is 1.76. The van der Waals surface area contributed by atoms with Crippen LogP contribution in [0.2, 0.25) is 0 Å². The second-order valence-corrected chi connectivity index (χ2v) is 3.94. The molecule has 1 aromatic carbocycles. The van der Waals surface area contributed by atoms with Gasteiger partial charge in [0.15, 0.2) is 0 Å². The van der Waals surface area contributed by atoms with Gasteiger partial charge in [0.2, 0.25) is 0 Å². The van der Waals surface area contributed by atoms with Crippen LogP contribution in [0.4, 0.5) is 0 Å². The fraction of sp³-hybridized carbons (Fsp3) is 0.500. The molecule has 0 aliphatic rings. The molecule has 0 spiro atoms. The molecule has 1 heteroatoms. The van der Waals surface area contributed by atoms with Crippen LogP contribution in [0.15, 0.2) is 24.3 Å². The third kappa shape index (κ3) is 2.31. The highest BCUT2D eigenvalue weighted by atomic mass is 14.6. The van der Waals surface area contributed by atoms with E-state index in [1.807, 2.05) is 0 Å². The van der Waals surface area contributed by atoms with Crippen molar-refractivity contribution in [1.82, 2.24) is 0 Å². The van der Waals surface area contributed by atoms with Gasteiger partial charge in [-0.15, -0.1) is 0 Å². The maximum atomic E-state index is 5.77. The van der Waals surface area contributed by atoms with Crippen molar-refractivity contribution in [2.75, 3.05) is 6.54 Å². The van der Waals surface area contributed by atoms with Gasteiger partial charge < -0.3 is 5.73 Å². The lowest BCUT2D eigenvalue weighted by Gasteiger charge is -2.21. The lowest BCUT2D eigenvalue weighted by Crippen LogP contribution is -2.18. The van der Waals surface area contributed by atoms with E-state index in [4.69, 9.17) is 5.73 Å². The molecule has 1 unspecified atom stereocenters. The number of nitrogens with two attached hydrogens (primary N) is 1. The molecule has 1 nitrogen and oxygen atoms in total. The van der Waals surface area contributed by atoms with Gasteiger partial charge in [0.25, 0.3) is 0 Å². The molecule has 0 bridgehead atoms. The minimum Gasteiger partial charge on any atom is -0.330 e. The Balaban J connectivity index is 2.97. The lowest BCUT2D eigenvalue weighted by molar-refractivity contribution is 0.504. The molecule has 0 aliphatic heterocycles. The molecule has 1 atom stereocenters. The number of benzene rings is 1. The smallest absolute Gasteiger partial charge is 0.000567 e. The first-order chi connectivity index (χ1) is 6.16. The van der Waals surface area contributed by atoms with E-state index in [9.17, 15) is 0 Å². The maximum Gasteiger partial charge on any atom is -0.000567 e. The molecule has 13 heavy (non-hydrogen) atoms. The van der Waals surface area contributed by atoms with Crippen LogP contribution in [0, 0.1) is 12.8 Å². The molecule has 72 valence electrons. The molecule has 2 N–H and O–H groups in total. The van der Waals surface area contributed by atoms with Gasteiger partial charge in [-0.25, -0.2) is 0 Å². The molecule has 0 saturated heterocycles.